The van der Waals surface area contributed by atoms with Gasteiger partial charge in [-0.15, -0.1) is 0 Å². The predicted octanol–water partition coefficient (Wildman–Crippen LogP) is 6.27. The normalized spacial score (nSPS) is 11.4. The Morgan fingerprint density at radius 1 is 0.357 bits per heavy atom. The van der Waals surface area contributed by atoms with Crippen LogP contribution in [0.3, 0.4) is 0 Å². The number of hydrogen-bond acceptors (Lipinski definition) is 0. The van der Waals surface area contributed by atoms with E-state index >= 15 is 0 Å². The van der Waals surface area contributed by atoms with Crippen LogP contribution in [-0.2, 0) is 0 Å². The van der Waals surface area contributed by atoms with Crippen LogP contribution in [0.1, 0.15) is 0 Å². The Labute approximate surface area is 181 Å². The van der Waals surface area contributed by atoms with E-state index in [1.807, 2.05) is 42.5 Å². The summed E-state index contributed by atoms with van der Waals surface area (Å²) in [6.07, 6.45) is 0. The SMILES string of the molecule is Clc1ccc([P+](c2ccccc2)(c2ccc(Cl)cc2)c2ccc(Cl)cc2)cc1. The van der Waals surface area contributed by atoms with Gasteiger partial charge in [0.1, 0.15) is 28.5 Å². The van der Waals surface area contributed by atoms with Crippen LogP contribution in [0.4, 0.5) is 0 Å². The number of benzene rings is 4. The highest BCUT2D eigenvalue weighted by Crippen LogP contribution is 2.54. The highest BCUT2D eigenvalue weighted by Gasteiger charge is 2.47. The van der Waals surface area contributed by atoms with Crippen molar-refractivity contribution >= 4 is 63.3 Å². The van der Waals surface area contributed by atoms with Gasteiger partial charge in [-0.3, -0.25) is 0 Å². The molecule has 0 unspecified atom stereocenters. The third-order valence-electron chi connectivity index (χ3n) is 4.79. The van der Waals surface area contributed by atoms with E-state index in [1.165, 1.54) is 21.2 Å². The van der Waals surface area contributed by atoms with E-state index in [-0.39, 0.29) is 0 Å². The molecule has 0 aromatic heterocycles. The molecule has 138 valence electrons. The minimum absolute atomic E-state index is 0.724. The van der Waals surface area contributed by atoms with Crippen molar-refractivity contribution in [1.82, 2.24) is 0 Å². The minimum Gasteiger partial charge on any atom is -0.0843 e. The molecule has 0 aliphatic carbocycles. The second-order valence-corrected chi connectivity index (χ2v) is 11.2. The highest BCUT2D eigenvalue weighted by molar-refractivity contribution is 8.01. The summed E-state index contributed by atoms with van der Waals surface area (Å²) in [4.78, 5) is 0. The summed E-state index contributed by atoms with van der Waals surface area (Å²) in [7, 11) is -2.14. The summed E-state index contributed by atoms with van der Waals surface area (Å²) in [6, 6.07) is 35.2. The number of rotatable bonds is 4. The first-order valence-corrected chi connectivity index (χ1v) is 11.8. The molecule has 0 bridgehead atoms. The van der Waals surface area contributed by atoms with Crippen LogP contribution in [0.25, 0.3) is 0 Å². The molecule has 0 aliphatic rings. The molecule has 0 atom stereocenters. The summed E-state index contributed by atoms with van der Waals surface area (Å²) in [5.41, 5.74) is 0. The molecule has 4 aromatic rings. The first-order valence-electron chi connectivity index (χ1n) is 8.84. The topological polar surface area (TPSA) is 0 Å². The zero-order valence-electron chi connectivity index (χ0n) is 14.9. The summed E-state index contributed by atoms with van der Waals surface area (Å²) >= 11 is 18.7. The van der Waals surface area contributed by atoms with Crippen molar-refractivity contribution in [3.05, 3.63) is 118 Å². The van der Waals surface area contributed by atoms with Crippen LogP contribution in [-0.4, -0.2) is 0 Å². The molecule has 0 aliphatic heterocycles. The van der Waals surface area contributed by atoms with Crippen molar-refractivity contribution in [2.75, 3.05) is 0 Å². The smallest absolute Gasteiger partial charge is 0.0843 e. The summed E-state index contributed by atoms with van der Waals surface area (Å²) in [6.45, 7) is 0. The van der Waals surface area contributed by atoms with Crippen molar-refractivity contribution < 1.29 is 0 Å². The standard InChI is InChI=1S/C24H17Cl3P/c25-18-6-12-22(13-7-18)28(21-4-2-1-3-5-21,23-14-8-19(26)9-15-23)24-16-10-20(27)11-17-24/h1-17H/q+1. The predicted molar refractivity (Wildman–Crippen MR) is 126 cm³/mol. The molecule has 0 saturated heterocycles. The molecule has 28 heavy (non-hydrogen) atoms. The Kier molecular flexibility index (Phi) is 5.76. The van der Waals surface area contributed by atoms with Gasteiger partial charge in [-0.1, -0.05) is 53.0 Å². The Hall–Kier alpha value is -1.82. The van der Waals surface area contributed by atoms with Gasteiger partial charge in [0.15, 0.2) is 0 Å². The summed E-state index contributed by atoms with van der Waals surface area (Å²) in [5.74, 6) is 0. The molecule has 0 amide bonds. The van der Waals surface area contributed by atoms with Gasteiger partial charge in [0.25, 0.3) is 0 Å². The fourth-order valence-electron chi connectivity index (χ4n) is 3.54. The average Bonchev–Trinajstić information content (AvgIpc) is 2.73. The van der Waals surface area contributed by atoms with E-state index < -0.39 is 7.26 Å². The van der Waals surface area contributed by atoms with Gasteiger partial charge >= 0.3 is 0 Å². The second-order valence-electron chi connectivity index (χ2n) is 6.44. The lowest BCUT2D eigenvalue weighted by Gasteiger charge is -2.27. The van der Waals surface area contributed by atoms with Crippen LogP contribution in [0, 0.1) is 0 Å². The molecular weight excluding hydrogens is 426 g/mol. The largest absolute Gasteiger partial charge is 0.144 e. The zero-order valence-corrected chi connectivity index (χ0v) is 18.1. The van der Waals surface area contributed by atoms with Crippen LogP contribution >= 0.6 is 42.1 Å². The van der Waals surface area contributed by atoms with Crippen molar-refractivity contribution in [3.63, 3.8) is 0 Å². The van der Waals surface area contributed by atoms with Crippen molar-refractivity contribution in [2.24, 2.45) is 0 Å². The Balaban J connectivity index is 2.11. The van der Waals surface area contributed by atoms with Gasteiger partial charge in [-0.25, -0.2) is 0 Å². The van der Waals surface area contributed by atoms with Crippen LogP contribution < -0.4 is 21.2 Å². The molecular formula is C24H17Cl3P+. The third kappa shape index (κ3) is 3.59. The van der Waals surface area contributed by atoms with Gasteiger partial charge in [0.2, 0.25) is 0 Å². The van der Waals surface area contributed by atoms with Crippen molar-refractivity contribution in [1.29, 1.82) is 0 Å². The summed E-state index contributed by atoms with van der Waals surface area (Å²) in [5, 5.41) is 7.13. The maximum Gasteiger partial charge on any atom is 0.144 e. The first kappa shape index (κ1) is 19.5. The van der Waals surface area contributed by atoms with E-state index in [4.69, 9.17) is 34.8 Å². The number of hydrogen-bond donors (Lipinski definition) is 0. The maximum atomic E-state index is 6.22. The molecule has 0 saturated carbocycles. The van der Waals surface area contributed by atoms with Crippen LogP contribution in [0.15, 0.2) is 103 Å². The lowest BCUT2D eigenvalue weighted by Crippen LogP contribution is -2.38. The summed E-state index contributed by atoms with van der Waals surface area (Å²) < 4.78 is 0. The molecule has 0 fully saturated rings. The fraction of sp³-hybridized carbons (Fsp3) is 0. The van der Waals surface area contributed by atoms with Gasteiger partial charge in [0.05, 0.1) is 0 Å². The van der Waals surface area contributed by atoms with Gasteiger partial charge in [-0.2, -0.15) is 0 Å². The van der Waals surface area contributed by atoms with E-state index in [9.17, 15) is 0 Å². The van der Waals surface area contributed by atoms with E-state index in [0.29, 0.717) is 0 Å². The van der Waals surface area contributed by atoms with Crippen molar-refractivity contribution in [3.8, 4) is 0 Å². The fourth-order valence-corrected chi connectivity index (χ4v) is 8.12. The van der Waals surface area contributed by atoms with Crippen LogP contribution in [0.5, 0.6) is 0 Å². The van der Waals surface area contributed by atoms with Gasteiger partial charge in [-0.05, 0) is 84.9 Å². The van der Waals surface area contributed by atoms with E-state index in [0.717, 1.165) is 15.1 Å². The molecule has 4 aromatic carbocycles. The minimum atomic E-state index is -2.14. The first-order chi connectivity index (χ1) is 13.6. The van der Waals surface area contributed by atoms with Crippen molar-refractivity contribution in [2.45, 2.75) is 0 Å². The molecule has 4 rings (SSSR count). The van der Waals surface area contributed by atoms with Gasteiger partial charge in [0, 0.05) is 15.1 Å². The van der Waals surface area contributed by atoms with Gasteiger partial charge < -0.3 is 0 Å². The zero-order chi connectivity index (χ0) is 19.6. The Morgan fingerprint density at radius 3 is 0.964 bits per heavy atom. The maximum absolute atomic E-state index is 6.22. The molecule has 0 N–H and O–H groups in total. The quantitative estimate of drug-likeness (QED) is 0.327. The Bertz CT molecular complexity index is 947. The van der Waals surface area contributed by atoms with E-state index in [1.54, 1.807) is 0 Å². The lowest BCUT2D eigenvalue weighted by atomic mass is 10.3. The lowest BCUT2D eigenvalue weighted by molar-refractivity contribution is 1.70. The third-order valence-corrected chi connectivity index (χ3v) is 9.83. The second kappa shape index (κ2) is 8.27. The average molecular weight is 443 g/mol. The molecule has 0 nitrogen and oxygen atoms in total. The molecule has 0 spiro atoms. The molecule has 4 heteroatoms. The highest BCUT2D eigenvalue weighted by atomic mass is 35.5. The van der Waals surface area contributed by atoms with E-state index in [2.05, 4.69) is 60.7 Å². The van der Waals surface area contributed by atoms with Crippen LogP contribution in [0.2, 0.25) is 15.1 Å². The Morgan fingerprint density at radius 2 is 0.643 bits per heavy atom. The monoisotopic (exact) mass is 441 g/mol. The molecule has 0 radical (unpaired) electrons. The molecule has 0 heterocycles. The number of halogens is 3.